The van der Waals surface area contributed by atoms with Gasteiger partial charge in [0, 0.05) is 80.3 Å². The van der Waals surface area contributed by atoms with Gasteiger partial charge in [-0.2, -0.15) is 0 Å². The molecule has 206 valence electrons. The summed E-state index contributed by atoms with van der Waals surface area (Å²) in [7, 11) is 2.16. The van der Waals surface area contributed by atoms with Gasteiger partial charge in [0.25, 0.3) is 0 Å². The Labute approximate surface area is 229 Å². The summed E-state index contributed by atoms with van der Waals surface area (Å²) >= 11 is 0. The van der Waals surface area contributed by atoms with Gasteiger partial charge in [-0.05, 0) is 69.6 Å². The average molecular weight is 531 g/mol. The molecular formula is C29H38N8O2. The van der Waals surface area contributed by atoms with E-state index in [1.54, 1.807) is 6.20 Å². The fraction of sp³-hybridized carbons (Fsp3) is 0.483. The number of hydrogen-bond donors (Lipinski definition) is 3. The van der Waals surface area contributed by atoms with Gasteiger partial charge in [0.2, 0.25) is 0 Å². The molecule has 0 radical (unpaired) electrons. The first-order valence-electron chi connectivity index (χ1n) is 13.9. The number of aliphatic hydroxyl groups is 1. The van der Waals surface area contributed by atoms with Gasteiger partial charge in [-0.15, -0.1) is 0 Å². The maximum atomic E-state index is 10.6. The van der Waals surface area contributed by atoms with Gasteiger partial charge in [0.05, 0.1) is 0 Å². The Morgan fingerprint density at radius 3 is 2.38 bits per heavy atom. The van der Waals surface area contributed by atoms with Crippen LogP contribution < -0.4 is 20.9 Å². The van der Waals surface area contributed by atoms with E-state index in [1.165, 1.54) is 5.69 Å². The maximum Gasteiger partial charge on any atom is 0.158 e. The van der Waals surface area contributed by atoms with Crippen molar-refractivity contribution >= 4 is 23.0 Å². The third-order valence-electron chi connectivity index (χ3n) is 8.41. The Morgan fingerprint density at radius 1 is 1.00 bits per heavy atom. The van der Waals surface area contributed by atoms with Crippen LogP contribution in [0.4, 0.5) is 23.0 Å². The molecule has 3 aliphatic rings. The number of aromatic nitrogens is 3. The minimum Gasteiger partial charge on any atom is -0.381 e. The van der Waals surface area contributed by atoms with Crippen LogP contribution in [0.2, 0.25) is 0 Å². The second-order valence-electron chi connectivity index (χ2n) is 11.0. The molecular weight excluding hydrogens is 492 g/mol. The van der Waals surface area contributed by atoms with Crippen molar-refractivity contribution in [1.82, 2.24) is 19.9 Å². The Kier molecular flexibility index (Phi) is 7.11. The summed E-state index contributed by atoms with van der Waals surface area (Å²) in [6.45, 7) is 8.50. The smallest absolute Gasteiger partial charge is 0.158 e. The van der Waals surface area contributed by atoms with Gasteiger partial charge in [-0.3, -0.25) is 4.98 Å². The quantitative estimate of drug-likeness (QED) is 0.411. The second-order valence-corrected chi connectivity index (χ2v) is 11.0. The van der Waals surface area contributed by atoms with E-state index in [2.05, 4.69) is 44.2 Å². The Bertz CT molecular complexity index is 1300. The van der Waals surface area contributed by atoms with Gasteiger partial charge in [0.15, 0.2) is 11.6 Å². The lowest BCUT2D eigenvalue weighted by Gasteiger charge is -2.55. The van der Waals surface area contributed by atoms with Crippen molar-refractivity contribution in [3.05, 3.63) is 54.0 Å². The van der Waals surface area contributed by atoms with Crippen molar-refractivity contribution in [2.75, 3.05) is 68.1 Å². The second kappa shape index (κ2) is 10.7. The molecule has 10 nitrogen and oxygen atoms in total. The highest BCUT2D eigenvalue weighted by Crippen LogP contribution is 2.45. The number of ether oxygens (including phenoxy) is 1. The standard InChI is InChI=1S/C29H38N8O2/c1-20-19-21(7-11-31-20)24-28(37-12-8-29(37)9-17-39-18-10-29)34-27(25(33-24)26(30)38)32-22-3-5-23(6-4-22)36-15-13-35(2)14-16-36/h3-7,11,19,26,38H,8-10,12-18,30H2,1-2H3,(H,32,34). The molecule has 3 saturated heterocycles. The molecule has 1 aromatic carbocycles. The van der Waals surface area contributed by atoms with E-state index >= 15 is 0 Å². The summed E-state index contributed by atoms with van der Waals surface area (Å²) in [5, 5.41) is 14.0. The first kappa shape index (κ1) is 25.9. The van der Waals surface area contributed by atoms with Crippen LogP contribution in [0.5, 0.6) is 0 Å². The molecule has 3 aliphatic heterocycles. The Morgan fingerprint density at radius 2 is 1.74 bits per heavy atom. The van der Waals surface area contributed by atoms with E-state index in [0.29, 0.717) is 17.2 Å². The van der Waals surface area contributed by atoms with E-state index < -0.39 is 6.23 Å². The van der Waals surface area contributed by atoms with Gasteiger partial charge < -0.3 is 35.6 Å². The highest BCUT2D eigenvalue weighted by atomic mass is 16.5. The van der Waals surface area contributed by atoms with Crippen LogP contribution in [0.15, 0.2) is 42.6 Å². The molecule has 0 aliphatic carbocycles. The van der Waals surface area contributed by atoms with E-state index in [9.17, 15) is 5.11 Å². The lowest BCUT2D eigenvalue weighted by Crippen LogP contribution is -2.63. The first-order valence-corrected chi connectivity index (χ1v) is 13.9. The van der Waals surface area contributed by atoms with E-state index in [0.717, 1.165) is 88.0 Å². The van der Waals surface area contributed by atoms with Gasteiger partial charge >= 0.3 is 0 Å². The largest absolute Gasteiger partial charge is 0.381 e. The zero-order valence-electron chi connectivity index (χ0n) is 22.8. The highest BCUT2D eigenvalue weighted by Gasteiger charge is 2.47. The van der Waals surface area contributed by atoms with Crippen LogP contribution in [-0.2, 0) is 4.74 Å². The predicted octanol–water partition coefficient (Wildman–Crippen LogP) is 3.05. The number of aliphatic hydroxyl groups excluding tert-OH is 1. The number of piperazine rings is 1. The summed E-state index contributed by atoms with van der Waals surface area (Å²) in [4.78, 5) is 21.6. The number of likely N-dealkylation sites (N-methyl/N-ethyl adjacent to an activating group) is 1. The van der Waals surface area contributed by atoms with Crippen molar-refractivity contribution in [3.8, 4) is 11.3 Å². The fourth-order valence-electron chi connectivity index (χ4n) is 5.91. The van der Waals surface area contributed by atoms with E-state index in [-0.39, 0.29) is 5.54 Å². The van der Waals surface area contributed by atoms with Crippen LogP contribution in [0.3, 0.4) is 0 Å². The van der Waals surface area contributed by atoms with E-state index in [1.807, 2.05) is 31.2 Å². The topological polar surface area (TPSA) is 116 Å². The molecule has 39 heavy (non-hydrogen) atoms. The van der Waals surface area contributed by atoms with Crippen LogP contribution in [-0.4, -0.2) is 83.5 Å². The summed E-state index contributed by atoms with van der Waals surface area (Å²) in [6.07, 6.45) is 3.52. The number of nitrogens with two attached hydrogens (primary N) is 1. The number of anilines is 4. The molecule has 6 rings (SSSR count). The van der Waals surface area contributed by atoms with Crippen LogP contribution in [0.1, 0.15) is 36.9 Å². The van der Waals surface area contributed by atoms with Crippen LogP contribution in [0.25, 0.3) is 11.3 Å². The average Bonchev–Trinajstić information content (AvgIpc) is 2.94. The van der Waals surface area contributed by atoms with Gasteiger partial charge in [-0.1, -0.05) is 0 Å². The van der Waals surface area contributed by atoms with Gasteiger partial charge in [-0.25, -0.2) is 9.97 Å². The minimum atomic E-state index is -1.28. The summed E-state index contributed by atoms with van der Waals surface area (Å²) in [5.74, 6) is 1.27. The molecule has 5 heterocycles. The highest BCUT2D eigenvalue weighted by molar-refractivity contribution is 5.77. The lowest BCUT2D eigenvalue weighted by atomic mass is 9.77. The molecule has 1 unspecified atom stereocenters. The third-order valence-corrected chi connectivity index (χ3v) is 8.41. The Balaban J connectivity index is 1.36. The zero-order valence-corrected chi connectivity index (χ0v) is 22.8. The first-order chi connectivity index (χ1) is 18.9. The number of aryl methyl sites for hydroxylation is 1. The number of benzene rings is 1. The summed E-state index contributed by atoms with van der Waals surface area (Å²) < 4.78 is 5.69. The molecule has 1 spiro atoms. The zero-order chi connectivity index (χ0) is 27.0. The molecule has 3 aromatic rings. The predicted molar refractivity (Wildman–Crippen MR) is 153 cm³/mol. The normalized spacial score (nSPS) is 20.1. The van der Waals surface area contributed by atoms with Crippen LogP contribution in [0, 0.1) is 6.92 Å². The molecule has 4 N–H and O–H groups in total. The molecule has 10 heteroatoms. The molecule has 0 amide bonds. The summed E-state index contributed by atoms with van der Waals surface area (Å²) in [5.41, 5.74) is 11.0. The van der Waals surface area contributed by atoms with E-state index in [4.69, 9.17) is 20.4 Å². The SMILES string of the molecule is Cc1cc(-c2nc(C(N)O)c(Nc3ccc(N4CCN(C)CC4)cc3)nc2N2CCC23CCOCC3)ccn1. The van der Waals surface area contributed by atoms with Crippen molar-refractivity contribution < 1.29 is 9.84 Å². The monoisotopic (exact) mass is 530 g/mol. The third kappa shape index (κ3) is 5.17. The Hall–Kier alpha value is -3.31. The number of nitrogens with zero attached hydrogens (tertiary/aromatic N) is 6. The lowest BCUT2D eigenvalue weighted by molar-refractivity contribution is 0.0285. The van der Waals surface area contributed by atoms with Crippen LogP contribution >= 0.6 is 0 Å². The number of hydrogen-bond acceptors (Lipinski definition) is 10. The number of rotatable bonds is 6. The molecule has 1 atom stereocenters. The maximum absolute atomic E-state index is 10.6. The molecule has 0 saturated carbocycles. The molecule has 3 fully saturated rings. The summed E-state index contributed by atoms with van der Waals surface area (Å²) in [6, 6.07) is 12.3. The molecule has 0 bridgehead atoms. The van der Waals surface area contributed by atoms with Crippen molar-refractivity contribution in [1.29, 1.82) is 0 Å². The van der Waals surface area contributed by atoms with Crippen molar-refractivity contribution in [2.24, 2.45) is 5.73 Å². The fourth-order valence-corrected chi connectivity index (χ4v) is 5.91. The number of pyridine rings is 1. The van der Waals surface area contributed by atoms with Crippen molar-refractivity contribution in [3.63, 3.8) is 0 Å². The minimum absolute atomic E-state index is 0.0219. The van der Waals surface area contributed by atoms with Gasteiger partial charge in [0.1, 0.15) is 17.6 Å². The molecule has 2 aromatic heterocycles. The number of nitrogens with one attached hydrogen (secondary N) is 1. The van der Waals surface area contributed by atoms with Crippen molar-refractivity contribution in [2.45, 2.75) is 38.0 Å².